The van der Waals surface area contributed by atoms with Crippen molar-refractivity contribution in [3.8, 4) is 0 Å². The molecule has 0 aliphatic heterocycles. The van der Waals surface area contributed by atoms with Crippen LogP contribution in [0.2, 0.25) is 0 Å². The van der Waals surface area contributed by atoms with Crippen molar-refractivity contribution >= 4 is 11.8 Å². The predicted molar refractivity (Wildman–Crippen MR) is 77.5 cm³/mol. The van der Waals surface area contributed by atoms with Crippen LogP contribution >= 0.6 is 0 Å². The second-order valence-electron chi connectivity index (χ2n) is 5.71. The molecule has 1 aliphatic rings. The van der Waals surface area contributed by atoms with Gasteiger partial charge in [-0.25, -0.2) is 0 Å². The van der Waals surface area contributed by atoms with E-state index >= 15 is 0 Å². The number of rotatable bonds is 5. The summed E-state index contributed by atoms with van der Waals surface area (Å²) in [5.41, 5.74) is 0.305. The van der Waals surface area contributed by atoms with Crippen LogP contribution in [0.3, 0.4) is 0 Å². The average Bonchev–Trinajstić information content (AvgIpc) is 2.82. The molecule has 3 nitrogen and oxygen atoms in total. The number of hydrogen-bond donors (Lipinski definition) is 0. The summed E-state index contributed by atoms with van der Waals surface area (Å²) in [4.78, 5) is 24.5. The molecule has 2 rings (SSSR count). The summed E-state index contributed by atoms with van der Waals surface area (Å²) >= 11 is 0. The Kier molecular flexibility index (Phi) is 4.58. The van der Waals surface area contributed by atoms with Gasteiger partial charge in [-0.05, 0) is 25.7 Å². The SMILES string of the molecule is CCOC(=O)C[C@@H]1CCC[C@@]1(C)C(=O)c1ccccc1. The van der Waals surface area contributed by atoms with Crippen LogP contribution in [0.4, 0.5) is 0 Å². The summed E-state index contributed by atoms with van der Waals surface area (Å²) in [6, 6.07) is 9.38. The van der Waals surface area contributed by atoms with Gasteiger partial charge in [0, 0.05) is 17.4 Å². The van der Waals surface area contributed by atoms with Crippen LogP contribution in [0, 0.1) is 11.3 Å². The molecule has 0 N–H and O–H groups in total. The van der Waals surface area contributed by atoms with Crippen LogP contribution < -0.4 is 0 Å². The van der Waals surface area contributed by atoms with Crippen molar-refractivity contribution in [3.63, 3.8) is 0 Å². The first-order valence-corrected chi connectivity index (χ1v) is 7.33. The molecule has 0 aromatic heterocycles. The van der Waals surface area contributed by atoms with Crippen molar-refractivity contribution in [1.29, 1.82) is 0 Å². The largest absolute Gasteiger partial charge is 0.466 e. The first-order chi connectivity index (χ1) is 9.58. The van der Waals surface area contributed by atoms with Crippen molar-refractivity contribution in [3.05, 3.63) is 35.9 Å². The van der Waals surface area contributed by atoms with Crippen LogP contribution in [-0.2, 0) is 9.53 Å². The summed E-state index contributed by atoms with van der Waals surface area (Å²) in [5, 5.41) is 0. The third-order valence-corrected chi connectivity index (χ3v) is 4.42. The van der Waals surface area contributed by atoms with Gasteiger partial charge in [-0.1, -0.05) is 43.7 Å². The van der Waals surface area contributed by atoms with Crippen LogP contribution in [-0.4, -0.2) is 18.4 Å². The normalized spacial score (nSPS) is 25.4. The maximum Gasteiger partial charge on any atom is 0.306 e. The van der Waals surface area contributed by atoms with Crippen LogP contribution in [0.1, 0.15) is 49.9 Å². The van der Waals surface area contributed by atoms with E-state index in [1.165, 1.54) is 0 Å². The molecular formula is C17H22O3. The molecular weight excluding hydrogens is 252 g/mol. The Morgan fingerprint density at radius 3 is 2.65 bits per heavy atom. The van der Waals surface area contributed by atoms with Gasteiger partial charge in [-0.2, -0.15) is 0 Å². The monoisotopic (exact) mass is 274 g/mol. The van der Waals surface area contributed by atoms with Gasteiger partial charge in [0.1, 0.15) is 0 Å². The zero-order valence-electron chi connectivity index (χ0n) is 12.2. The lowest BCUT2D eigenvalue weighted by Gasteiger charge is -2.29. The number of hydrogen-bond acceptors (Lipinski definition) is 3. The molecule has 1 saturated carbocycles. The van der Waals surface area contributed by atoms with Gasteiger partial charge in [0.05, 0.1) is 6.61 Å². The Balaban J connectivity index is 2.15. The molecule has 0 bridgehead atoms. The fourth-order valence-electron chi connectivity index (χ4n) is 3.20. The van der Waals surface area contributed by atoms with Gasteiger partial charge in [0.15, 0.2) is 5.78 Å². The van der Waals surface area contributed by atoms with Crippen LogP contribution in [0.25, 0.3) is 0 Å². The number of carbonyl (C=O) groups excluding carboxylic acids is 2. The molecule has 2 atom stereocenters. The average molecular weight is 274 g/mol. The molecule has 0 saturated heterocycles. The van der Waals surface area contributed by atoms with E-state index in [1.54, 1.807) is 6.92 Å². The maximum absolute atomic E-state index is 12.8. The smallest absolute Gasteiger partial charge is 0.306 e. The first-order valence-electron chi connectivity index (χ1n) is 7.33. The number of ether oxygens (including phenoxy) is 1. The Morgan fingerprint density at radius 2 is 2.00 bits per heavy atom. The third kappa shape index (κ3) is 2.92. The van der Waals surface area contributed by atoms with E-state index in [0.717, 1.165) is 24.8 Å². The molecule has 3 heteroatoms. The Labute approximate surface area is 120 Å². The van der Waals surface area contributed by atoms with Gasteiger partial charge >= 0.3 is 5.97 Å². The highest BCUT2D eigenvalue weighted by Gasteiger charge is 2.45. The van der Waals surface area contributed by atoms with Crippen molar-refractivity contribution < 1.29 is 14.3 Å². The van der Waals surface area contributed by atoms with Crippen molar-refractivity contribution in [2.45, 2.75) is 39.5 Å². The fraction of sp³-hybridized carbons (Fsp3) is 0.529. The zero-order valence-corrected chi connectivity index (χ0v) is 12.2. The molecule has 20 heavy (non-hydrogen) atoms. The highest BCUT2D eigenvalue weighted by Crippen LogP contribution is 2.47. The Hall–Kier alpha value is -1.64. The highest BCUT2D eigenvalue weighted by molar-refractivity contribution is 6.00. The number of esters is 1. The van der Waals surface area contributed by atoms with E-state index < -0.39 is 5.41 Å². The van der Waals surface area contributed by atoms with E-state index in [9.17, 15) is 9.59 Å². The molecule has 0 heterocycles. The van der Waals surface area contributed by atoms with Crippen LogP contribution in [0.5, 0.6) is 0 Å². The lowest BCUT2D eigenvalue weighted by Crippen LogP contribution is -2.33. The zero-order chi connectivity index (χ0) is 14.6. The molecule has 108 valence electrons. The maximum atomic E-state index is 12.8. The molecule has 1 aliphatic carbocycles. The second kappa shape index (κ2) is 6.21. The minimum absolute atomic E-state index is 0.0919. The van der Waals surface area contributed by atoms with E-state index in [1.807, 2.05) is 37.3 Å². The quantitative estimate of drug-likeness (QED) is 0.608. The van der Waals surface area contributed by atoms with E-state index in [0.29, 0.717) is 13.0 Å². The topological polar surface area (TPSA) is 43.4 Å². The predicted octanol–water partition coefficient (Wildman–Crippen LogP) is 3.63. The number of carbonyl (C=O) groups is 2. The lowest BCUT2D eigenvalue weighted by molar-refractivity contribution is -0.144. The number of ketones is 1. The summed E-state index contributed by atoms with van der Waals surface area (Å²) in [6.07, 6.45) is 3.13. The molecule has 1 aromatic carbocycles. The molecule has 0 spiro atoms. The van der Waals surface area contributed by atoms with Gasteiger partial charge in [0.2, 0.25) is 0 Å². The van der Waals surface area contributed by atoms with Gasteiger partial charge in [0.25, 0.3) is 0 Å². The van der Waals surface area contributed by atoms with Crippen molar-refractivity contribution in [2.24, 2.45) is 11.3 Å². The fourth-order valence-corrected chi connectivity index (χ4v) is 3.20. The summed E-state index contributed by atoms with van der Waals surface area (Å²) in [5.74, 6) is 0.0608. The molecule has 0 radical (unpaired) electrons. The van der Waals surface area contributed by atoms with Gasteiger partial charge in [-0.15, -0.1) is 0 Å². The molecule has 0 amide bonds. The van der Waals surface area contributed by atoms with Gasteiger partial charge in [-0.3, -0.25) is 9.59 Å². The first kappa shape index (κ1) is 14.8. The molecule has 1 fully saturated rings. The third-order valence-electron chi connectivity index (χ3n) is 4.42. The minimum atomic E-state index is -0.436. The van der Waals surface area contributed by atoms with Crippen molar-refractivity contribution in [2.75, 3.05) is 6.61 Å². The minimum Gasteiger partial charge on any atom is -0.466 e. The second-order valence-corrected chi connectivity index (χ2v) is 5.71. The standard InChI is InChI=1S/C17H22O3/c1-3-20-15(18)12-14-10-7-11-17(14,2)16(19)13-8-5-4-6-9-13/h4-6,8-9,14H,3,7,10-12H2,1-2H3/t14-,17+/m0/s1. The molecule has 0 unspecified atom stereocenters. The van der Waals surface area contributed by atoms with Crippen LogP contribution in [0.15, 0.2) is 30.3 Å². The highest BCUT2D eigenvalue weighted by atomic mass is 16.5. The Morgan fingerprint density at radius 1 is 1.30 bits per heavy atom. The van der Waals surface area contributed by atoms with Gasteiger partial charge < -0.3 is 4.74 Å². The lowest BCUT2D eigenvalue weighted by atomic mass is 9.72. The molecule has 1 aromatic rings. The van der Waals surface area contributed by atoms with Crippen molar-refractivity contribution in [1.82, 2.24) is 0 Å². The summed E-state index contributed by atoms with van der Waals surface area (Å²) in [6.45, 7) is 4.20. The number of Topliss-reactive ketones (excluding diaryl/α,β-unsaturated/α-hetero) is 1. The summed E-state index contributed by atoms with van der Waals surface area (Å²) < 4.78 is 5.03. The summed E-state index contributed by atoms with van der Waals surface area (Å²) in [7, 11) is 0. The van der Waals surface area contributed by atoms with E-state index in [4.69, 9.17) is 4.74 Å². The van der Waals surface area contributed by atoms with E-state index in [-0.39, 0.29) is 17.7 Å². The Bertz CT molecular complexity index is 480. The number of benzene rings is 1. The van der Waals surface area contributed by atoms with E-state index in [2.05, 4.69) is 0 Å².